The van der Waals surface area contributed by atoms with Gasteiger partial charge in [0.25, 0.3) is 19.6 Å². The van der Waals surface area contributed by atoms with Crippen LogP contribution in [0.25, 0.3) is 4.85 Å². The van der Waals surface area contributed by atoms with E-state index in [0.717, 1.165) is 0 Å². The Hall–Kier alpha value is -2.22. The van der Waals surface area contributed by atoms with Crippen molar-refractivity contribution in [1.82, 2.24) is 33.3 Å². The number of halogens is 2. The predicted molar refractivity (Wildman–Crippen MR) is 335 cm³/mol. The lowest BCUT2D eigenvalue weighted by Crippen LogP contribution is -2.46. The molecule has 3 aromatic heterocycles. The van der Waals surface area contributed by atoms with Crippen LogP contribution in [0.5, 0.6) is 0 Å². The number of aliphatic hydroxyl groups is 2. The van der Waals surface area contributed by atoms with Crippen molar-refractivity contribution < 1.29 is 65.1 Å². The lowest BCUT2D eigenvalue weighted by molar-refractivity contribution is -0.0442. The zero-order valence-corrected chi connectivity index (χ0v) is 58.6. The van der Waals surface area contributed by atoms with Crippen LogP contribution in [0, 0.1) is 20.6 Å². The molecule has 33 heteroatoms. The summed E-state index contributed by atoms with van der Waals surface area (Å²) < 4.78 is 90.0. The van der Waals surface area contributed by atoms with Gasteiger partial charge in [-0.3, -0.25) is 42.4 Å². The van der Waals surface area contributed by atoms with E-state index in [1.165, 1.54) is 39.4 Å². The minimum Gasteiger partial charge on any atom is -0.411 e. The Morgan fingerprint density at radius 3 is 1.58 bits per heavy atom. The van der Waals surface area contributed by atoms with Gasteiger partial charge in [0, 0.05) is 69.0 Å². The van der Waals surface area contributed by atoms with Crippen LogP contribution in [0.1, 0.15) is 120 Å². The van der Waals surface area contributed by atoms with Crippen molar-refractivity contribution in [3.63, 3.8) is 0 Å². The van der Waals surface area contributed by atoms with Gasteiger partial charge < -0.3 is 60.8 Å². The number of nitrogens with one attached hydrogen (secondary N) is 2. The number of aliphatic hydroxyl groups excluding tert-OH is 2. The molecule has 4 N–H and O–H groups in total. The summed E-state index contributed by atoms with van der Waals surface area (Å²) in [5.41, 5.74) is -1.87. The molecule has 27 nitrogen and oxygen atoms in total. The molecular formula is C51H85I2N8O19P3Si. The van der Waals surface area contributed by atoms with Gasteiger partial charge >= 0.3 is 32.3 Å². The standard InChI is InChI=1S/C24H42IN4O6PSi.C14H23N2O6P.C13H20IN2O7P/c1-16(2)29(17(3)4)36(32-12-11-26-8)33-15-20-19(35-37(9,10)24(5,6)7)13-21(34-20)28-14-18(25)22(30)27-23(28)31;1-9(2)21-23(4,19)22-11-7-13(20-12(11)8-17)16-6-5-10(3)15-14(16)18;1-7(2)22-24(3,20)23-9-4-11(21-10(9)6-17)16-5-8(14)12(18)15-13(16)19/h14,16-17,19-21H,11-13,15H2,1-7,9-10H3,(H,27,30,31);5-6,9,11-13,17H,7-8H2,1-4H3;5,7,9-11,17H,4,6H2,1-3H3,(H,15,18,19)/t19-,20-,21-,36?;11-,12-,13-,23?;9-,10-,11-,24?/m111/s1. The molecule has 6 rings (SSSR count). The van der Waals surface area contributed by atoms with Crippen LogP contribution in [0.2, 0.25) is 18.1 Å². The first-order valence-corrected chi connectivity index (χ1v) is 37.6. The molecule has 0 bridgehead atoms. The van der Waals surface area contributed by atoms with E-state index in [2.05, 4.69) is 86.0 Å². The lowest BCUT2D eigenvalue weighted by Gasteiger charge is -2.39. The maximum atomic E-state index is 12.6. The van der Waals surface area contributed by atoms with E-state index in [0.29, 0.717) is 19.3 Å². The Morgan fingerprint density at radius 1 is 0.762 bits per heavy atom. The first kappa shape index (κ1) is 74.2. The maximum Gasteiger partial charge on any atom is 0.349 e. The fourth-order valence-electron chi connectivity index (χ4n) is 8.81. The van der Waals surface area contributed by atoms with E-state index in [1.54, 1.807) is 69.5 Å². The minimum absolute atomic E-state index is 0.0116. The molecule has 0 aromatic carbocycles. The summed E-state index contributed by atoms with van der Waals surface area (Å²) in [6.07, 6.45) is -0.607. The third kappa shape index (κ3) is 21.8. The van der Waals surface area contributed by atoms with Crippen molar-refractivity contribution in [3.8, 4) is 0 Å². The van der Waals surface area contributed by atoms with E-state index in [9.17, 15) is 43.3 Å². The molecule has 3 saturated heterocycles. The van der Waals surface area contributed by atoms with Gasteiger partial charge in [0.05, 0.1) is 57.5 Å². The fourth-order valence-corrected chi connectivity index (χ4v) is 15.7. The van der Waals surface area contributed by atoms with E-state index in [1.807, 2.05) is 22.6 Å². The highest BCUT2D eigenvalue weighted by molar-refractivity contribution is 14.1. The fraction of sp³-hybridized carbons (Fsp3) is 0.745. The number of aryl methyl sites for hydroxylation is 1. The number of aromatic amines is 2. The second-order valence-corrected chi connectivity index (χ2v) is 35.3. The van der Waals surface area contributed by atoms with Crippen molar-refractivity contribution in [2.45, 2.75) is 200 Å². The van der Waals surface area contributed by atoms with Gasteiger partial charge in [0.15, 0.2) is 8.32 Å². The summed E-state index contributed by atoms with van der Waals surface area (Å²) in [4.78, 5) is 71.6. The number of ether oxygens (including phenoxy) is 3. The molecule has 6 heterocycles. The van der Waals surface area contributed by atoms with E-state index in [-0.39, 0.29) is 81.2 Å². The quantitative estimate of drug-likeness (QED) is 0.0220. The molecular weight excluding hydrogens is 1400 g/mol. The maximum absolute atomic E-state index is 12.6. The van der Waals surface area contributed by atoms with Crippen LogP contribution in [-0.2, 0) is 54.9 Å². The smallest absolute Gasteiger partial charge is 0.349 e. The van der Waals surface area contributed by atoms with Crippen molar-refractivity contribution in [1.29, 1.82) is 0 Å². The van der Waals surface area contributed by atoms with Crippen LogP contribution in [-0.4, -0.2) is 159 Å². The number of hydrogen-bond acceptors (Lipinski definition) is 21. The second-order valence-electron chi connectivity index (χ2n) is 22.9. The number of H-pyrrole nitrogens is 2. The molecule has 0 aliphatic carbocycles. The molecule has 3 fully saturated rings. The average molecular weight is 1490 g/mol. The summed E-state index contributed by atoms with van der Waals surface area (Å²) >= 11 is 3.71. The highest BCUT2D eigenvalue weighted by Crippen LogP contribution is 2.51. The molecule has 0 saturated carbocycles. The number of hydrogen-bond donors (Lipinski definition) is 4. The third-order valence-corrected chi connectivity index (χ3v) is 24.4. The van der Waals surface area contributed by atoms with Crippen molar-refractivity contribution >= 4 is 77.2 Å². The van der Waals surface area contributed by atoms with Crippen molar-refractivity contribution in [3.05, 3.63) is 101 Å². The summed E-state index contributed by atoms with van der Waals surface area (Å²) in [5.74, 6) is 0. The van der Waals surface area contributed by atoms with Crippen molar-refractivity contribution in [2.75, 3.05) is 46.3 Å². The molecule has 3 aliphatic heterocycles. The Bertz CT molecular complexity index is 3070. The topological polar surface area (TPSA) is 319 Å². The lowest BCUT2D eigenvalue weighted by atomic mass is 10.2. The first-order chi connectivity index (χ1) is 38.9. The normalized spacial score (nSPS) is 24.6. The van der Waals surface area contributed by atoms with Crippen LogP contribution in [0.4, 0.5) is 0 Å². The SMILES string of the molecule is CC(C)OP(C)(=O)O[C@@H]1C[C@H](n2cc(I)c(=O)[nH]c2=O)O[C@@H]1CO.Cc1ccn([C@H]2C[C@@H](OP(C)(=O)OC(C)C)[C@@H](CO)O2)c(=O)n1.[C-]#[N+]CCOP(OC[C@H]1O[C@@H](n2cc(I)c(=O)[nH]c2=O)C[C@H]1O[Si](C)(C)C(C)(C)C)N(C(C)C)C(C)C. The zero-order chi connectivity index (χ0) is 63.4. The molecule has 0 spiro atoms. The van der Waals surface area contributed by atoms with Gasteiger partial charge in [-0.15, -0.1) is 0 Å². The highest BCUT2D eigenvalue weighted by Gasteiger charge is 2.47. The molecule has 0 amide bonds. The second kappa shape index (κ2) is 32.5. The highest BCUT2D eigenvalue weighted by atomic mass is 127. The Balaban J connectivity index is 0.000000282. The molecule has 12 atom stereocenters. The molecule has 84 heavy (non-hydrogen) atoms. The largest absolute Gasteiger partial charge is 0.411 e. The molecule has 3 aromatic rings. The summed E-state index contributed by atoms with van der Waals surface area (Å²) in [6.45, 7) is 37.9. The number of nitrogens with zero attached hydrogens (tertiary/aromatic N) is 6. The van der Waals surface area contributed by atoms with Gasteiger partial charge in [-0.2, -0.15) is 4.98 Å². The molecule has 3 aliphatic rings. The summed E-state index contributed by atoms with van der Waals surface area (Å²) in [6, 6.07) is 2.05. The van der Waals surface area contributed by atoms with E-state index in [4.69, 9.17) is 52.4 Å². The predicted octanol–water partition coefficient (Wildman–Crippen LogP) is 7.64. The van der Waals surface area contributed by atoms with Gasteiger partial charge in [-0.1, -0.05) is 20.8 Å². The summed E-state index contributed by atoms with van der Waals surface area (Å²) in [7, 11) is -10.2. The zero-order valence-electron chi connectivity index (χ0n) is 50.6. The van der Waals surface area contributed by atoms with E-state index >= 15 is 0 Å². The van der Waals surface area contributed by atoms with Crippen molar-refractivity contribution in [2.24, 2.45) is 0 Å². The monoisotopic (exact) mass is 1490 g/mol. The molecule has 0 radical (unpaired) electrons. The average Bonchev–Trinajstić information content (AvgIpc) is 4.06. The van der Waals surface area contributed by atoms with Gasteiger partial charge in [-0.25, -0.2) is 25.6 Å². The summed E-state index contributed by atoms with van der Waals surface area (Å²) in [5, 5.41) is 18.9. The number of rotatable bonds is 24. The first-order valence-electron chi connectivity index (χ1n) is 27.4. The van der Waals surface area contributed by atoms with E-state index < -0.39 is 109 Å². The Kier molecular flexibility index (Phi) is 28.7. The van der Waals surface area contributed by atoms with Gasteiger partial charge in [-0.05, 0) is 132 Å². The van der Waals surface area contributed by atoms with Crippen LogP contribution in [0.15, 0.2) is 48.6 Å². The van der Waals surface area contributed by atoms with Crippen LogP contribution < -0.4 is 28.2 Å². The Labute approximate surface area is 519 Å². The molecule has 3 unspecified atom stereocenters. The van der Waals surface area contributed by atoms with Gasteiger partial charge in [0.1, 0.15) is 43.6 Å². The van der Waals surface area contributed by atoms with Gasteiger partial charge in [0.2, 0.25) is 6.54 Å². The van der Waals surface area contributed by atoms with Crippen LogP contribution >= 0.6 is 68.9 Å². The Morgan fingerprint density at radius 2 is 1.19 bits per heavy atom. The minimum atomic E-state index is -3.33. The molecule has 476 valence electrons. The number of aromatic nitrogens is 6. The third-order valence-electron chi connectivity index (χ3n) is 13.4. The van der Waals surface area contributed by atoms with Crippen LogP contribution in [0.3, 0.4) is 0 Å².